The van der Waals surface area contributed by atoms with Crippen LogP contribution in [0.25, 0.3) is 5.57 Å². The molecule has 0 saturated carbocycles. The number of ether oxygens (including phenoxy) is 1. The number of hydrogen-bond donors (Lipinski definition) is 1. The lowest BCUT2D eigenvalue weighted by Gasteiger charge is -2.19. The number of aromatic nitrogens is 1. The molecule has 1 saturated heterocycles. The van der Waals surface area contributed by atoms with Gasteiger partial charge in [-0.2, -0.15) is 0 Å². The van der Waals surface area contributed by atoms with Gasteiger partial charge in [0.15, 0.2) is 0 Å². The van der Waals surface area contributed by atoms with E-state index in [2.05, 4.69) is 16.9 Å². The van der Waals surface area contributed by atoms with Crippen LogP contribution in [0.4, 0.5) is 20.6 Å². The Hall–Kier alpha value is -3.68. The molecular weight excluding hydrogens is 387 g/mol. The molecule has 1 aliphatic heterocycles. The first-order valence-corrected chi connectivity index (χ1v) is 9.38. The van der Waals surface area contributed by atoms with E-state index in [1.807, 2.05) is 12.1 Å². The predicted octanol–water partition coefficient (Wildman–Crippen LogP) is 3.35. The Morgan fingerprint density at radius 2 is 2.13 bits per heavy atom. The number of carbonyl (C=O) groups excluding carboxylic acids is 2. The van der Waals surface area contributed by atoms with E-state index in [0.717, 1.165) is 11.1 Å². The van der Waals surface area contributed by atoms with Gasteiger partial charge in [0, 0.05) is 32.6 Å². The fourth-order valence-electron chi connectivity index (χ4n) is 3.11. The van der Waals surface area contributed by atoms with Crippen LogP contribution < -0.4 is 15.1 Å². The van der Waals surface area contributed by atoms with Crippen molar-refractivity contribution in [3.63, 3.8) is 0 Å². The molecule has 0 spiro atoms. The van der Waals surface area contributed by atoms with Crippen LogP contribution in [0, 0.1) is 5.82 Å². The highest BCUT2D eigenvalue weighted by Gasteiger charge is 2.32. The average Bonchev–Trinajstić information content (AvgIpc) is 3.11. The predicted molar refractivity (Wildman–Crippen MR) is 114 cm³/mol. The molecule has 2 aromatic rings. The van der Waals surface area contributed by atoms with Crippen LogP contribution in [-0.4, -0.2) is 43.2 Å². The molecule has 2 amide bonds. The van der Waals surface area contributed by atoms with Crippen LogP contribution in [0.3, 0.4) is 0 Å². The number of benzene rings is 1. The normalized spacial score (nSPS) is 16.2. The summed E-state index contributed by atoms with van der Waals surface area (Å²) in [6.45, 7) is 5.66. The molecule has 30 heavy (non-hydrogen) atoms. The Morgan fingerprint density at radius 1 is 1.40 bits per heavy atom. The summed E-state index contributed by atoms with van der Waals surface area (Å²) in [4.78, 5) is 30.2. The Kier molecular flexibility index (Phi) is 6.46. The van der Waals surface area contributed by atoms with Crippen molar-refractivity contribution in [1.29, 1.82) is 0 Å². The number of carbonyl (C=O) groups is 2. The van der Waals surface area contributed by atoms with E-state index in [0.29, 0.717) is 11.4 Å². The molecule has 1 aromatic carbocycles. The zero-order valence-electron chi connectivity index (χ0n) is 16.8. The number of pyridine rings is 1. The molecule has 0 unspecified atom stereocenters. The van der Waals surface area contributed by atoms with E-state index in [1.54, 1.807) is 48.7 Å². The number of cyclic esters (lactones) is 1. The van der Waals surface area contributed by atoms with E-state index < -0.39 is 18.0 Å². The van der Waals surface area contributed by atoms with Gasteiger partial charge in [0.05, 0.1) is 24.5 Å². The van der Waals surface area contributed by atoms with Gasteiger partial charge in [-0.1, -0.05) is 12.7 Å². The van der Waals surface area contributed by atoms with Gasteiger partial charge in [0.2, 0.25) is 5.91 Å². The summed E-state index contributed by atoms with van der Waals surface area (Å²) in [5, 5.41) is 2.61. The van der Waals surface area contributed by atoms with Crippen molar-refractivity contribution in [2.75, 3.05) is 29.9 Å². The van der Waals surface area contributed by atoms with Gasteiger partial charge in [-0.3, -0.25) is 14.7 Å². The van der Waals surface area contributed by atoms with Crippen LogP contribution in [0.2, 0.25) is 0 Å². The highest BCUT2D eigenvalue weighted by Crippen LogP contribution is 2.28. The Bertz CT molecular complexity index is 978. The van der Waals surface area contributed by atoms with Crippen molar-refractivity contribution in [3.8, 4) is 0 Å². The Labute approximate surface area is 174 Å². The topological polar surface area (TPSA) is 74.8 Å². The van der Waals surface area contributed by atoms with Crippen molar-refractivity contribution in [2.24, 2.45) is 0 Å². The van der Waals surface area contributed by atoms with Gasteiger partial charge in [0.1, 0.15) is 11.9 Å². The number of amides is 2. The standard InChI is InChI=1S/C22H23FN4O3/c1-4-16(17-7-9-24-10-8-17)13-26(3)21-6-5-18(11-20(21)23)27-14-19(30-22(27)29)12-25-15(2)28/h4-11,13,19H,1,12,14H2,2-3H3,(H,25,28)/b16-13+/t19-/m0/s1. The monoisotopic (exact) mass is 410 g/mol. The molecule has 2 heterocycles. The third-order valence-electron chi connectivity index (χ3n) is 4.64. The van der Waals surface area contributed by atoms with Gasteiger partial charge in [-0.15, -0.1) is 0 Å². The van der Waals surface area contributed by atoms with E-state index >= 15 is 0 Å². The third kappa shape index (κ3) is 4.83. The molecule has 7 nitrogen and oxygen atoms in total. The minimum Gasteiger partial charge on any atom is -0.442 e. The average molecular weight is 410 g/mol. The smallest absolute Gasteiger partial charge is 0.414 e. The summed E-state index contributed by atoms with van der Waals surface area (Å²) in [6.07, 6.45) is 5.76. The molecule has 3 rings (SSSR count). The van der Waals surface area contributed by atoms with Crippen LogP contribution in [0.1, 0.15) is 12.5 Å². The summed E-state index contributed by atoms with van der Waals surface area (Å²) in [7, 11) is 1.73. The molecule has 156 valence electrons. The third-order valence-corrected chi connectivity index (χ3v) is 4.64. The van der Waals surface area contributed by atoms with Gasteiger partial charge in [-0.25, -0.2) is 9.18 Å². The van der Waals surface area contributed by atoms with E-state index in [1.165, 1.54) is 17.9 Å². The molecule has 0 radical (unpaired) electrons. The van der Waals surface area contributed by atoms with Crippen LogP contribution >= 0.6 is 0 Å². The minimum atomic E-state index is -0.572. The second kappa shape index (κ2) is 9.21. The van der Waals surface area contributed by atoms with Gasteiger partial charge in [-0.05, 0) is 41.5 Å². The maximum atomic E-state index is 14.8. The highest BCUT2D eigenvalue weighted by molar-refractivity contribution is 5.90. The summed E-state index contributed by atoms with van der Waals surface area (Å²) in [6, 6.07) is 8.24. The second-order valence-corrected chi connectivity index (χ2v) is 6.82. The van der Waals surface area contributed by atoms with Crippen LogP contribution in [0.5, 0.6) is 0 Å². The first kappa shape index (κ1) is 21.0. The molecule has 0 bridgehead atoms. The molecule has 0 aliphatic carbocycles. The van der Waals surface area contributed by atoms with Crippen molar-refractivity contribution in [3.05, 3.63) is 73.0 Å². The number of halogens is 1. The summed E-state index contributed by atoms with van der Waals surface area (Å²) in [5.41, 5.74) is 2.46. The number of allylic oxidation sites excluding steroid dienone is 2. The number of nitrogens with zero attached hydrogens (tertiary/aromatic N) is 3. The SMILES string of the molecule is C=C/C(=C\N(C)c1ccc(N2C[C@H](CNC(C)=O)OC2=O)cc1F)c1ccncc1. The van der Waals surface area contributed by atoms with Crippen LogP contribution in [0.15, 0.2) is 61.6 Å². The highest BCUT2D eigenvalue weighted by atomic mass is 19.1. The largest absolute Gasteiger partial charge is 0.442 e. The molecule has 1 aromatic heterocycles. The lowest BCUT2D eigenvalue weighted by molar-refractivity contribution is -0.119. The summed E-state index contributed by atoms with van der Waals surface area (Å²) >= 11 is 0. The molecule has 1 atom stereocenters. The van der Waals surface area contributed by atoms with E-state index in [4.69, 9.17) is 4.74 Å². The molecule has 1 aliphatic rings. The number of hydrogen-bond acceptors (Lipinski definition) is 5. The zero-order chi connectivity index (χ0) is 21.7. The first-order chi connectivity index (χ1) is 14.4. The van der Waals surface area contributed by atoms with Gasteiger partial charge >= 0.3 is 6.09 Å². The van der Waals surface area contributed by atoms with E-state index in [9.17, 15) is 14.0 Å². The van der Waals surface area contributed by atoms with Crippen molar-refractivity contribution >= 4 is 28.9 Å². The minimum absolute atomic E-state index is 0.207. The van der Waals surface area contributed by atoms with Crippen molar-refractivity contribution in [1.82, 2.24) is 10.3 Å². The molecule has 1 fully saturated rings. The Balaban J connectivity index is 1.76. The van der Waals surface area contributed by atoms with Crippen LogP contribution in [-0.2, 0) is 9.53 Å². The maximum Gasteiger partial charge on any atom is 0.414 e. The number of nitrogens with one attached hydrogen (secondary N) is 1. The molecular formula is C22H23FN4O3. The lowest BCUT2D eigenvalue weighted by Crippen LogP contribution is -2.33. The quantitative estimate of drug-likeness (QED) is 0.709. The second-order valence-electron chi connectivity index (χ2n) is 6.82. The molecule has 1 N–H and O–H groups in total. The fraction of sp³-hybridized carbons (Fsp3) is 0.227. The Morgan fingerprint density at radius 3 is 2.77 bits per heavy atom. The summed E-state index contributed by atoms with van der Waals surface area (Å²) < 4.78 is 20.1. The van der Waals surface area contributed by atoms with Crippen molar-refractivity contribution in [2.45, 2.75) is 13.0 Å². The van der Waals surface area contributed by atoms with E-state index in [-0.39, 0.29) is 19.0 Å². The van der Waals surface area contributed by atoms with Gasteiger partial charge < -0.3 is 15.0 Å². The lowest BCUT2D eigenvalue weighted by atomic mass is 10.1. The molecule has 8 heteroatoms. The number of anilines is 2. The van der Waals surface area contributed by atoms with Crippen molar-refractivity contribution < 1.29 is 18.7 Å². The van der Waals surface area contributed by atoms with Gasteiger partial charge in [0.25, 0.3) is 0 Å². The number of rotatable bonds is 7. The first-order valence-electron chi connectivity index (χ1n) is 9.38. The zero-order valence-corrected chi connectivity index (χ0v) is 16.8. The fourth-order valence-corrected chi connectivity index (χ4v) is 3.11. The maximum absolute atomic E-state index is 14.8. The summed E-state index contributed by atoms with van der Waals surface area (Å²) in [5.74, 6) is -0.691.